The van der Waals surface area contributed by atoms with Gasteiger partial charge in [-0.05, 0) is 12.1 Å². The maximum Gasteiger partial charge on any atom is 0.198 e. The molecule has 0 aliphatic rings. The zero-order valence-electron chi connectivity index (χ0n) is 11.7. The maximum absolute atomic E-state index is 9.78. The third-order valence-electron chi connectivity index (χ3n) is 2.42. The van der Waals surface area contributed by atoms with Gasteiger partial charge in [0, 0.05) is 14.2 Å². The standard InChI is InChI=1S/C13H21NO6/c1-17-6-8-19-12(15)10-4-3-5-11(14-10)13(16)20-9-7-18-2/h3-5,12-13,15-16H,6-9H2,1-2H3. The fraction of sp³-hybridized carbons (Fsp3) is 0.615. The van der Waals surface area contributed by atoms with Gasteiger partial charge in [-0.1, -0.05) is 6.07 Å². The molecule has 0 aliphatic heterocycles. The second kappa shape index (κ2) is 9.76. The highest BCUT2D eigenvalue weighted by atomic mass is 16.6. The van der Waals surface area contributed by atoms with Gasteiger partial charge in [-0.3, -0.25) is 0 Å². The lowest BCUT2D eigenvalue weighted by molar-refractivity contribution is -0.122. The Hall–Kier alpha value is -1.09. The van der Waals surface area contributed by atoms with Crippen molar-refractivity contribution >= 4 is 0 Å². The van der Waals surface area contributed by atoms with Gasteiger partial charge < -0.3 is 29.2 Å². The minimum Gasteiger partial charge on any atom is -0.382 e. The van der Waals surface area contributed by atoms with Crippen LogP contribution < -0.4 is 0 Å². The van der Waals surface area contributed by atoms with Gasteiger partial charge in [-0.15, -0.1) is 0 Å². The van der Waals surface area contributed by atoms with E-state index in [0.29, 0.717) is 24.6 Å². The molecule has 7 heteroatoms. The Labute approximate surface area is 118 Å². The molecule has 0 saturated carbocycles. The van der Waals surface area contributed by atoms with Gasteiger partial charge in [-0.2, -0.15) is 0 Å². The highest BCUT2D eigenvalue weighted by molar-refractivity contribution is 5.12. The lowest BCUT2D eigenvalue weighted by atomic mass is 10.3. The summed E-state index contributed by atoms with van der Waals surface area (Å²) in [5.41, 5.74) is 0.598. The summed E-state index contributed by atoms with van der Waals surface area (Å²) in [6.45, 7) is 1.24. The molecule has 2 N–H and O–H groups in total. The zero-order chi connectivity index (χ0) is 14.8. The van der Waals surface area contributed by atoms with Crippen molar-refractivity contribution in [3.05, 3.63) is 29.6 Å². The largest absolute Gasteiger partial charge is 0.382 e. The van der Waals surface area contributed by atoms with Gasteiger partial charge in [0.05, 0.1) is 37.8 Å². The molecule has 0 amide bonds. The van der Waals surface area contributed by atoms with Crippen LogP contribution >= 0.6 is 0 Å². The van der Waals surface area contributed by atoms with Gasteiger partial charge in [0.25, 0.3) is 0 Å². The number of rotatable bonds is 10. The van der Waals surface area contributed by atoms with E-state index in [2.05, 4.69) is 4.98 Å². The molecular weight excluding hydrogens is 266 g/mol. The first-order chi connectivity index (χ1) is 9.69. The number of pyridine rings is 1. The summed E-state index contributed by atoms with van der Waals surface area (Å²) in [4.78, 5) is 4.10. The van der Waals surface area contributed by atoms with Crippen LogP contribution in [0.25, 0.3) is 0 Å². The monoisotopic (exact) mass is 287 g/mol. The molecule has 0 radical (unpaired) electrons. The van der Waals surface area contributed by atoms with Crippen LogP contribution in [0.5, 0.6) is 0 Å². The molecule has 1 heterocycles. The Morgan fingerprint density at radius 2 is 1.35 bits per heavy atom. The number of hydrogen-bond acceptors (Lipinski definition) is 7. The van der Waals surface area contributed by atoms with Gasteiger partial charge in [0.1, 0.15) is 0 Å². The van der Waals surface area contributed by atoms with Crippen LogP contribution in [0, 0.1) is 0 Å². The fourth-order valence-electron chi connectivity index (χ4n) is 1.40. The predicted molar refractivity (Wildman–Crippen MR) is 69.8 cm³/mol. The first-order valence-electron chi connectivity index (χ1n) is 6.23. The quantitative estimate of drug-likeness (QED) is 0.475. The molecule has 1 aromatic heterocycles. The highest BCUT2D eigenvalue weighted by Crippen LogP contribution is 2.16. The summed E-state index contributed by atoms with van der Waals surface area (Å²) in [6.07, 6.45) is -2.34. The van der Waals surface area contributed by atoms with Crippen molar-refractivity contribution in [2.24, 2.45) is 0 Å². The minimum atomic E-state index is -1.17. The molecule has 0 spiro atoms. The van der Waals surface area contributed by atoms with E-state index < -0.39 is 12.6 Å². The Kier molecular flexibility index (Phi) is 8.28. The number of ether oxygens (including phenoxy) is 4. The number of methoxy groups -OCH3 is 2. The van der Waals surface area contributed by atoms with E-state index >= 15 is 0 Å². The van der Waals surface area contributed by atoms with E-state index in [1.54, 1.807) is 32.4 Å². The third-order valence-corrected chi connectivity index (χ3v) is 2.42. The number of hydrogen-bond donors (Lipinski definition) is 2. The molecule has 2 unspecified atom stereocenters. The van der Waals surface area contributed by atoms with Gasteiger partial charge >= 0.3 is 0 Å². The van der Waals surface area contributed by atoms with E-state index in [-0.39, 0.29) is 13.2 Å². The summed E-state index contributed by atoms with van der Waals surface area (Å²) < 4.78 is 19.9. The lowest BCUT2D eigenvalue weighted by Gasteiger charge is -2.15. The normalized spacial score (nSPS) is 14.2. The molecule has 0 saturated heterocycles. The maximum atomic E-state index is 9.78. The van der Waals surface area contributed by atoms with Crippen molar-refractivity contribution < 1.29 is 29.2 Å². The highest BCUT2D eigenvalue weighted by Gasteiger charge is 2.14. The van der Waals surface area contributed by atoms with Crippen molar-refractivity contribution in [3.8, 4) is 0 Å². The smallest absolute Gasteiger partial charge is 0.198 e. The average molecular weight is 287 g/mol. The van der Waals surface area contributed by atoms with Crippen molar-refractivity contribution in [2.45, 2.75) is 12.6 Å². The van der Waals surface area contributed by atoms with Crippen LogP contribution in [-0.2, 0) is 18.9 Å². The molecule has 2 atom stereocenters. The molecule has 1 rings (SSSR count). The van der Waals surface area contributed by atoms with Crippen molar-refractivity contribution in [2.75, 3.05) is 40.6 Å². The van der Waals surface area contributed by atoms with Gasteiger partial charge in [0.15, 0.2) is 12.6 Å². The minimum absolute atomic E-state index is 0.246. The van der Waals surface area contributed by atoms with Crippen LogP contribution in [0.3, 0.4) is 0 Å². The molecule has 114 valence electrons. The zero-order valence-corrected chi connectivity index (χ0v) is 11.7. The topological polar surface area (TPSA) is 90.3 Å². The Balaban J connectivity index is 2.55. The lowest BCUT2D eigenvalue weighted by Crippen LogP contribution is -2.13. The molecule has 0 bridgehead atoms. The average Bonchev–Trinajstić information content (AvgIpc) is 2.47. The van der Waals surface area contributed by atoms with E-state index in [4.69, 9.17) is 18.9 Å². The second-order valence-corrected chi connectivity index (χ2v) is 3.92. The predicted octanol–water partition coefficient (Wildman–Crippen LogP) is 0.389. The van der Waals surface area contributed by atoms with Crippen molar-refractivity contribution in [1.82, 2.24) is 4.98 Å². The Bertz CT molecular complexity index is 344. The molecule has 20 heavy (non-hydrogen) atoms. The SMILES string of the molecule is COCCOC(O)c1cccc(C(O)OCCOC)n1. The van der Waals surface area contributed by atoms with E-state index in [0.717, 1.165) is 0 Å². The summed E-state index contributed by atoms with van der Waals surface area (Å²) >= 11 is 0. The Morgan fingerprint density at radius 3 is 1.75 bits per heavy atom. The first kappa shape index (κ1) is 17.0. The van der Waals surface area contributed by atoms with Gasteiger partial charge in [0.2, 0.25) is 0 Å². The van der Waals surface area contributed by atoms with Crippen LogP contribution in [0.15, 0.2) is 18.2 Å². The molecular formula is C13H21NO6. The van der Waals surface area contributed by atoms with E-state index in [9.17, 15) is 10.2 Å². The number of aliphatic hydroxyl groups excluding tert-OH is 2. The summed E-state index contributed by atoms with van der Waals surface area (Å²) in [6, 6.07) is 4.86. The fourth-order valence-corrected chi connectivity index (χ4v) is 1.40. The van der Waals surface area contributed by atoms with Crippen LogP contribution in [0.4, 0.5) is 0 Å². The van der Waals surface area contributed by atoms with Crippen molar-refractivity contribution in [1.29, 1.82) is 0 Å². The Morgan fingerprint density at radius 1 is 0.900 bits per heavy atom. The summed E-state index contributed by atoms with van der Waals surface area (Å²) in [5.74, 6) is 0. The molecule has 7 nitrogen and oxygen atoms in total. The van der Waals surface area contributed by atoms with Crippen molar-refractivity contribution in [3.63, 3.8) is 0 Å². The number of nitrogens with zero attached hydrogens (tertiary/aromatic N) is 1. The number of aliphatic hydroxyl groups is 2. The summed E-state index contributed by atoms with van der Waals surface area (Å²) in [7, 11) is 3.09. The van der Waals surface area contributed by atoms with Gasteiger partial charge in [-0.25, -0.2) is 4.98 Å². The van der Waals surface area contributed by atoms with E-state index in [1.807, 2.05) is 0 Å². The molecule has 0 aliphatic carbocycles. The van der Waals surface area contributed by atoms with E-state index in [1.165, 1.54) is 0 Å². The molecule has 0 aromatic carbocycles. The van der Waals surface area contributed by atoms with Crippen LogP contribution in [0.2, 0.25) is 0 Å². The first-order valence-corrected chi connectivity index (χ1v) is 6.23. The third kappa shape index (κ3) is 5.91. The second-order valence-electron chi connectivity index (χ2n) is 3.92. The van der Waals surface area contributed by atoms with Crippen LogP contribution in [-0.4, -0.2) is 55.8 Å². The molecule has 0 fully saturated rings. The molecule has 1 aromatic rings. The summed E-state index contributed by atoms with van der Waals surface area (Å²) in [5, 5.41) is 19.6. The van der Waals surface area contributed by atoms with Crippen LogP contribution in [0.1, 0.15) is 24.0 Å². The number of aromatic nitrogens is 1.